The van der Waals surface area contributed by atoms with Gasteiger partial charge in [0, 0.05) is 37.8 Å². The van der Waals surface area contributed by atoms with Crippen LogP contribution in [0.5, 0.6) is 0 Å². The number of hydrogen-bond donors (Lipinski definition) is 1. The van der Waals surface area contributed by atoms with E-state index in [-0.39, 0.29) is 10.9 Å². The predicted molar refractivity (Wildman–Crippen MR) is 113 cm³/mol. The van der Waals surface area contributed by atoms with Gasteiger partial charge < -0.3 is 14.9 Å². The van der Waals surface area contributed by atoms with Gasteiger partial charge in [-0.1, -0.05) is 6.07 Å². The van der Waals surface area contributed by atoms with E-state index in [0.717, 1.165) is 17.6 Å². The standard InChI is InChI=1S/C21H28FN3O3S/c1-15-5-8-20(23-13-15)25-10-9-24(14-17(25)12-21(2,3)26)16-6-7-18(22)19(11-16)29(4,27)28/h5-8,11,13,17,26H,9-10,12,14H2,1-4H3. The molecule has 1 atom stereocenters. The highest BCUT2D eigenvalue weighted by Gasteiger charge is 2.32. The minimum atomic E-state index is -3.66. The largest absolute Gasteiger partial charge is 0.390 e. The Kier molecular flexibility index (Phi) is 5.87. The van der Waals surface area contributed by atoms with E-state index in [2.05, 4.69) is 9.88 Å². The molecule has 2 heterocycles. The predicted octanol–water partition coefficient (Wildman–Crippen LogP) is 2.79. The highest BCUT2D eigenvalue weighted by atomic mass is 32.2. The van der Waals surface area contributed by atoms with Crippen molar-refractivity contribution in [2.75, 3.05) is 35.7 Å². The van der Waals surface area contributed by atoms with E-state index in [1.54, 1.807) is 19.9 Å². The molecular formula is C21H28FN3O3S. The molecule has 158 valence electrons. The maximum atomic E-state index is 14.0. The summed E-state index contributed by atoms with van der Waals surface area (Å²) >= 11 is 0. The molecule has 0 bridgehead atoms. The van der Waals surface area contributed by atoms with E-state index in [9.17, 15) is 17.9 Å². The van der Waals surface area contributed by atoms with Crippen molar-refractivity contribution in [2.45, 2.75) is 43.7 Å². The molecule has 1 saturated heterocycles. The third kappa shape index (κ3) is 5.25. The first-order valence-electron chi connectivity index (χ1n) is 9.60. The lowest BCUT2D eigenvalue weighted by Gasteiger charge is -2.45. The lowest BCUT2D eigenvalue weighted by Crippen LogP contribution is -2.55. The van der Waals surface area contributed by atoms with E-state index in [1.165, 1.54) is 12.1 Å². The van der Waals surface area contributed by atoms with Crippen molar-refractivity contribution in [3.05, 3.63) is 47.9 Å². The van der Waals surface area contributed by atoms with Gasteiger partial charge in [0.2, 0.25) is 0 Å². The Labute approximate surface area is 171 Å². The minimum absolute atomic E-state index is 0.0364. The van der Waals surface area contributed by atoms with Crippen molar-refractivity contribution >= 4 is 21.3 Å². The molecule has 1 aromatic carbocycles. The average molecular weight is 422 g/mol. The van der Waals surface area contributed by atoms with E-state index in [4.69, 9.17) is 0 Å². The maximum absolute atomic E-state index is 14.0. The number of aromatic nitrogens is 1. The normalized spacial score (nSPS) is 18.2. The zero-order chi connectivity index (χ0) is 21.4. The summed E-state index contributed by atoms with van der Waals surface area (Å²) < 4.78 is 37.8. The van der Waals surface area contributed by atoms with Gasteiger partial charge in [0.05, 0.1) is 11.6 Å². The van der Waals surface area contributed by atoms with Gasteiger partial charge in [0.25, 0.3) is 0 Å². The van der Waals surface area contributed by atoms with Gasteiger partial charge in [0.15, 0.2) is 9.84 Å². The van der Waals surface area contributed by atoms with E-state index < -0.39 is 21.3 Å². The molecule has 2 aromatic rings. The summed E-state index contributed by atoms with van der Waals surface area (Å²) in [6, 6.07) is 8.14. The van der Waals surface area contributed by atoms with Gasteiger partial charge in [-0.2, -0.15) is 0 Å². The Morgan fingerprint density at radius 3 is 2.55 bits per heavy atom. The van der Waals surface area contributed by atoms with Crippen LogP contribution in [0.15, 0.2) is 41.4 Å². The molecule has 0 aliphatic carbocycles. The molecule has 1 aliphatic heterocycles. The molecule has 0 radical (unpaired) electrons. The summed E-state index contributed by atoms with van der Waals surface area (Å²) in [6.45, 7) is 7.37. The number of pyridine rings is 1. The fourth-order valence-corrected chi connectivity index (χ4v) is 4.50. The fraction of sp³-hybridized carbons (Fsp3) is 0.476. The number of rotatable bonds is 5. The van der Waals surface area contributed by atoms with Crippen molar-refractivity contribution in [1.29, 1.82) is 0 Å². The first kappa shape index (κ1) is 21.5. The quantitative estimate of drug-likeness (QED) is 0.800. The van der Waals surface area contributed by atoms with Gasteiger partial charge in [-0.15, -0.1) is 0 Å². The summed E-state index contributed by atoms with van der Waals surface area (Å²) in [5.41, 5.74) is 0.854. The Balaban J connectivity index is 1.90. The van der Waals surface area contributed by atoms with E-state index in [1.807, 2.05) is 30.2 Å². The van der Waals surface area contributed by atoms with Gasteiger partial charge in [0.1, 0.15) is 16.5 Å². The third-order valence-corrected chi connectivity index (χ3v) is 6.20. The molecule has 0 saturated carbocycles. The minimum Gasteiger partial charge on any atom is -0.390 e. The number of aryl methyl sites for hydroxylation is 1. The van der Waals surface area contributed by atoms with Crippen molar-refractivity contribution in [3.63, 3.8) is 0 Å². The summed E-state index contributed by atoms with van der Waals surface area (Å²) in [5, 5.41) is 10.4. The average Bonchev–Trinajstić information content (AvgIpc) is 2.61. The van der Waals surface area contributed by atoms with E-state index in [0.29, 0.717) is 31.7 Å². The van der Waals surface area contributed by atoms with Crippen LogP contribution in [0.2, 0.25) is 0 Å². The topological polar surface area (TPSA) is 73.7 Å². The van der Waals surface area contributed by atoms with Crippen LogP contribution in [-0.4, -0.2) is 56.0 Å². The maximum Gasteiger partial charge on any atom is 0.178 e. The highest BCUT2D eigenvalue weighted by Crippen LogP contribution is 2.29. The van der Waals surface area contributed by atoms with Crippen LogP contribution in [0.25, 0.3) is 0 Å². The van der Waals surface area contributed by atoms with Crippen LogP contribution in [0.1, 0.15) is 25.8 Å². The molecule has 8 heteroatoms. The lowest BCUT2D eigenvalue weighted by atomic mass is 9.95. The third-order valence-electron chi connectivity index (χ3n) is 5.09. The smallest absolute Gasteiger partial charge is 0.178 e. The van der Waals surface area contributed by atoms with Crippen LogP contribution >= 0.6 is 0 Å². The Bertz CT molecular complexity index is 972. The van der Waals surface area contributed by atoms with Crippen LogP contribution in [0.3, 0.4) is 0 Å². The van der Waals surface area contributed by atoms with Crippen molar-refractivity contribution in [1.82, 2.24) is 4.98 Å². The van der Waals surface area contributed by atoms with Gasteiger partial charge in [-0.05, 0) is 57.0 Å². The van der Waals surface area contributed by atoms with Crippen LogP contribution in [-0.2, 0) is 9.84 Å². The van der Waals surface area contributed by atoms with Crippen LogP contribution in [0.4, 0.5) is 15.9 Å². The Morgan fingerprint density at radius 2 is 1.97 bits per heavy atom. The molecule has 29 heavy (non-hydrogen) atoms. The number of halogens is 1. The Hall–Kier alpha value is -2.19. The molecule has 1 N–H and O–H groups in total. The first-order valence-corrected chi connectivity index (χ1v) is 11.5. The fourth-order valence-electron chi connectivity index (χ4n) is 3.75. The molecule has 6 nitrogen and oxygen atoms in total. The zero-order valence-electron chi connectivity index (χ0n) is 17.3. The zero-order valence-corrected chi connectivity index (χ0v) is 18.1. The summed E-state index contributed by atoms with van der Waals surface area (Å²) in [7, 11) is -3.66. The highest BCUT2D eigenvalue weighted by molar-refractivity contribution is 7.90. The van der Waals surface area contributed by atoms with Crippen molar-refractivity contribution < 1.29 is 17.9 Å². The number of hydrogen-bond acceptors (Lipinski definition) is 6. The number of sulfone groups is 1. The second-order valence-corrected chi connectivity index (χ2v) is 10.4. The summed E-state index contributed by atoms with van der Waals surface area (Å²) in [6.07, 6.45) is 3.34. The van der Waals surface area contributed by atoms with Crippen molar-refractivity contribution in [2.24, 2.45) is 0 Å². The molecule has 1 unspecified atom stereocenters. The second-order valence-electron chi connectivity index (χ2n) is 8.39. The Morgan fingerprint density at radius 1 is 1.24 bits per heavy atom. The number of anilines is 2. The van der Waals surface area contributed by atoms with Gasteiger partial charge in [-0.25, -0.2) is 17.8 Å². The molecule has 1 fully saturated rings. The number of nitrogens with zero attached hydrogens (tertiary/aromatic N) is 3. The molecule has 1 aliphatic rings. The van der Waals surface area contributed by atoms with Gasteiger partial charge in [-0.3, -0.25) is 0 Å². The van der Waals surface area contributed by atoms with Gasteiger partial charge >= 0.3 is 0 Å². The van der Waals surface area contributed by atoms with Crippen molar-refractivity contribution in [3.8, 4) is 0 Å². The molecule has 3 rings (SSSR count). The molecular weight excluding hydrogens is 393 g/mol. The first-order chi connectivity index (χ1) is 13.4. The molecule has 0 amide bonds. The monoisotopic (exact) mass is 421 g/mol. The second kappa shape index (κ2) is 7.91. The van der Waals surface area contributed by atoms with Crippen LogP contribution in [0, 0.1) is 12.7 Å². The number of piperazine rings is 1. The van der Waals surface area contributed by atoms with E-state index >= 15 is 0 Å². The lowest BCUT2D eigenvalue weighted by molar-refractivity contribution is 0.0621. The summed E-state index contributed by atoms with van der Waals surface area (Å²) in [4.78, 5) is 8.45. The number of benzene rings is 1. The molecule has 0 spiro atoms. The summed E-state index contributed by atoms with van der Waals surface area (Å²) in [5.74, 6) is 0.104. The SMILES string of the molecule is Cc1ccc(N2CCN(c3ccc(F)c(S(C)(=O)=O)c3)CC2CC(C)(C)O)nc1. The number of aliphatic hydroxyl groups is 1. The molecule has 1 aromatic heterocycles. The van der Waals surface area contributed by atoms with Crippen LogP contribution < -0.4 is 9.80 Å².